The van der Waals surface area contributed by atoms with E-state index >= 15 is 0 Å². The zero-order valence-corrected chi connectivity index (χ0v) is 14.2. The molecular formula is C17H17N3O3S. The molecule has 0 saturated carbocycles. The molecule has 0 atom stereocenters. The highest BCUT2D eigenvalue weighted by Crippen LogP contribution is 2.21. The van der Waals surface area contributed by atoms with E-state index in [1.165, 1.54) is 5.56 Å². The van der Waals surface area contributed by atoms with Gasteiger partial charge in [0.05, 0.1) is 6.26 Å². The van der Waals surface area contributed by atoms with Gasteiger partial charge in [0.2, 0.25) is 10.0 Å². The van der Waals surface area contributed by atoms with E-state index in [1.54, 1.807) is 24.3 Å². The van der Waals surface area contributed by atoms with Crippen molar-refractivity contribution in [2.45, 2.75) is 13.3 Å². The summed E-state index contributed by atoms with van der Waals surface area (Å²) in [6, 6.07) is 14.9. The van der Waals surface area contributed by atoms with Gasteiger partial charge in [-0.25, -0.2) is 8.42 Å². The summed E-state index contributed by atoms with van der Waals surface area (Å²) < 4.78 is 30.1. The van der Waals surface area contributed by atoms with Gasteiger partial charge in [-0.1, -0.05) is 35.0 Å². The number of hydrogen-bond acceptors (Lipinski definition) is 5. The van der Waals surface area contributed by atoms with E-state index in [4.69, 9.17) is 4.52 Å². The Morgan fingerprint density at radius 2 is 1.71 bits per heavy atom. The summed E-state index contributed by atoms with van der Waals surface area (Å²) in [6.45, 7) is 2.04. The van der Waals surface area contributed by atoms with E-state index in [2.05, 4.69) is 14.9 Å². The van der Waals surface area contributed by atoms with Crippen LogP contribution in [0.3, 0.4) is 0 Å². The lowest BCUT2D eigenvalue weighted by molar-refractivity contribution is 0.424. The number of hydrogen-bond donors (Lipinski definition) is 1. The van der Waals surface area contributed by atoms with Gasteiger partial charge in [-0.15, -0.1) is 0 Å². The maximum absolute atomic E-state index is 11.2. The molecule has 0 spiro atoms. The molecule has 6 nitrogen and oxygen atoms in total. The standard InChI is InChI=1S/C17H17N3O3S/c1-12-3-5-13(6-4-12)11-16-18-17(23-19-16)14-7-9-15(10-8-14)20-24(2,21)22/h3-10,20H,11H2,1-2H3. The predicted molar refractivity (Wildman–Crippen MR) is 92.2 cm³/mol. The normalized spacial score (nSPS) is 11.4. The van der Waals surface area contributed by atoms with Gasteiger partial charge in [0.15, 0.2) is 5.82 Å². The van der Waals surface area contributed by atoms with Crippen LogP contribution in [0.4, 0.5) is 5.69 Å². The van der Waals surface area contributed by atoms with Crippen LogP contribution in [0.15, 0.2) is 53.1 Å². The number of benzene rings is 2. The first-order chi connectivity index (χ1) is 11.4. The van der Waals surface area contributed by atoms with E-state index in [1.807, 2.05) is 31.2 Å². The first kappa shape index (κ1) is 16.2. The molecule has 0 aliphatic rings. The van der Waals surface area contributed by atoms with Crippen LogP contribution in [0.5, 0.6) is 0 Å². The Labute approximate surface area is 140 Å². The molecule has 0 fully saturated rings. The van der Waals surface area contributed by atoms with Gasteiger partial charge in [0.25, 0.3) is 5.89 Å². The second kappa shape index (κ2) is 6.45. The van der Waals surface area contributed by atoms with Crippen molar-refractivity contribution in [3.63, 3.8) is 0 Å². The fraction of sp³-hybridized carbons (Fsp3) is 0.176. The van der Waals surface area contributed by atoms with Crippen LogP contribution in [-0.4, -0.2) is 24.8 Å². The van der Waals surface area contributed by atoms with Crippen LogP contribution in [0.1, 0.15) is 17.0 Å². The Kier molecular flexibility index (Phi) is 4.35. The van der Waals surface area contributed by atoms with Crippen molar-refractivity contribution in [3.05, 3.63) is 65.5 Å². The molecule has 0 unspecified atom stereocenters. The fourth-order valence-electron chi connectivity index (χ4n) is 2.23. The average Bonchev–Trinajstić information content (AvgIpc) is 2.97. The molecule has 3 rings (SSSR count). The lowest BCUT2D eigenvalue weighted by Crippen LogP contribution is -2.09. The number of nitrogens with zero attached hydrogens (tertiary/aromatic N) is 2. The Hall–Kier alpha value is -2.67. The van der Waals surface area contributed by atoms with E-state index in [9.17, 15) is 8.42 Å². The van der Waals surface area contributed by atoms with Gasteiger partial charge in [0, 0.05) is 17.7 Å². The maximum Gasteiger partial charge on any atom is 0.257 e. The number of anilines is 1. The van der Waals surface area contributed by atoms with Crippen molar-refractivity contribution in [3.8, 4) is 11.5 Å². The molecule has 1 heterocycles. The van der Waals surface area contributed by atoms with Gasteiger partial charge in [-0.05, 0) is 36.8 Å². The molecule has 24 heavy (non-hydrogen) atoms. The molecule has 0 bridgehead atoms. The first-order valence-electron chi connectivity index (χ1n) is 7.35. The SMILES string of the molecule is Cc1ccc(Cc2noc(-c3ccc(NS(C)(=O)=O)cc3)n2)cc1. The van der Waals surface area contributed by atoms with Crippen LogP contribution in [-0.2, 0) is 16.4 Å². The van der Waals surface area contributed by atoms with Crippen molar-refractivity contribution in [2.75, 3.05) is 11.0 Å². The molecule has 2 aromatic carbocycles. The second-order valence-electron chi connectivity index (χ2n) is 5.63. The molecular weight excluding hydrogens is 326 g/mol. The maximum atomic E-state index is 11.2. The topological polar surface area (TPSA) is 85.1 Å². The lowest BCUT2D eigenvalue weighted by atomic mass is 10.1. The predicted octanol–water partition coefficient (Wildman–Crippen LogP) is 3.01. The smallest absolute Gasteiger partial charge is 0.257 e. The van der Waals surface area contributed by atoms with Crippen LogP contribution < -0.4 is 4.72 Å². The third-order valence-electron chi connectivity index (χ3n) is 3.39. The third-order valence-corrected chi connectivity index (χ3v) is 3.99. The summed E-state index contributed by atoms with van der Waals surface area (Å²) >= 11 is 0. The summed E-state index contributed by atoms with van der Waals surface area (Å²) in [5.41, 5.74) is 3.54. The van der Waals surface area contributed by atoms with Crippen molar-refractivity contribution >= 4 is 15.7 Å². The van der Waals surface area contributed by atoms with Crippen molar-refractivity contribution in [2.24, 2.45) is 0 Å². The number of rotatable bonds is 5. The minimum Gasteiger partial charge on any atom is -0.334 e. The summed E-state index contributed by atoms with van der Waals surface area (Å²) in [7, 11) is -3.29. The largest absolute Gasteiger partial charge is 0.334 e. The van der Waals surface area contributed by atoms with E-state index in [-0.39, 0.29) is 0 Å². The van der Waals surface area contributed by atoms with Crippen molar-refractivity contribution in [1.29, 1.82) is 0 Å². The first-order valence-corrected chi connectivity index (χ1v) is 9.24. The Morgan fingerprint density at radius 3 is 2.33 bits per heavy atom. The van der Waals surface area contributed by atoms with Gasteiger partial charge in [0.1, 0.15) is 0 Å². The molecule has 0 radical (unpaired) electrons. The third kappa shape index (κ3) is 4.20. The van der Waals surface area contributed by atoms with Crippen LogP contribution in [0.25, 0.3) is 11.5 Å². The molecule has 0 amide bonds. The highest BCUT2D eigenvalue weighted by Gasteiger charge is 2.10. The van der Waals surface area contributed by atoms with Gasteiger partial charge in [-0.3, -0.25) is 4.72 Å². The zero-order valence-electron chi connectivity index (χ0n) is 13.4. The molecule has 7 heteroatoms. The van der Waals surface area contributed by atoms with Gasteiger partial charge < -0.3 is 4.52 Å². The monoisotopic (exact) mass is 343 g/mol. The summed E-state index contributed by atoms with van der Waals surface area (Å²) in [6.07, 6.45) is 1.70. The quantitative estimate of drug-likeness (QED) is 0.770. The number of aromatic nitrogens is 2. The van der Waals surface area contributed by atoms with Gasteiger partial charge in [-0.2, -0.15) is 4.98 Å². The zero-order chi connectivity index (χ0) is 17.2. The Morgan fingerprint density at radius 1 is 1.04 bits per heavy atom. The molecule has 0 aliphatic heterocycles. The van der Waals surface area contributed by atoms with E-state index < -0.39 is 10.0 Å². The average molecular weight is 343 g/mol. The van der Waals surface area contributed by atoms with Crippen LogP contribution in [0, 0.1) is 6.92 Å². The molecule has 1 aromatic heterocycles. The highest BCUT2D eigenvalue weighted by molar-refractivity contribution is 7.92. The summed E-state index contributed by atoms with van der Waals surface area (Å²) in [5.74, 6) is 1.01. The number of nitrogens with one attached hydrogen (secondary N) is 1. The van der Waals surface area contributed by atoms with Crippen molar-refractivity contribution < 1.29 is 12.9 Å². The molecule has 0 saturated heterocycles. The van der Waals surface area contributed by atoms with Gasteiger partial charge >= 0.3 is 0 Å². The highest BCUT2D eigenvalue weighted by atomic mass is 32.2. The van der Waals surface area contributed by atoms with Crippen LogP contribution >= 0.6 is 0 Å². The Bertz CT molecular complexity index is 930. The minimum atomic E-state index is -3.29. The molecule has 3 aromatic rings. The van der Waals surface area contributed by atoms with E-state index in [0.717, 1.165) is 17.4 Å². The summed E-state index contributed by atoms with van der Waals surface area (Å²) in [4.78, 5) is 4.39. The van der Waals surface area contributed by atoms with E-state index in [0.29, 0.717) is 23.8 Å². The van der Waals surface area contributed by atoms with Crippen molar-refractivity contribution in [1.82, 2.24) is 10.1 Å². The number of aryl methyl sites for hydroxylation is 1. The molecule has 124 valence electrons. The lowest BCUT2D eigenvalue weighted by Gasteiger charge is -2.03. The summed E-state index contributed by atoms with van der Waals surface area (Å²) in [5, 5.41) is 3.99. The second-order valence-corrected chi connectivity index (χ2v) is 7.38. The number of sulfonamides is 1. The minimum absolute atomic E-state index is 0.406. The van der Waals surface area contributed by atoms with Crippen LogP contribution in [0.2, 0.25) is 0 Å². The molecule has 0 aliphatic carbocycles. The molecule has 1 N–H and O–H groups in total. The fourth-order valence-corrected chi connectivity index (χ4v) is 2.79. The Balaban J connectivity index is 1.74.